The molecule has 0 saturated heterocycles. The summed E-state index contributed by atoms with van der Waals surface area (Å²) >= 11 is 0. The van der Waals surface area contributed by atoms with Gasteiger partial charge in [-0.25, -0.2) is 0 Å². The van der Waals surface area contributed by atoms with Crippen molar-refractivity contribution in [3.63, 3.8) is 0 Å². The molecule has 3 aromatic rings. The molecule has 0 saturated carbocycles. The first kappa shape index (κ1) is 16.4. The van der Waals surface area contributed by atoms with Crippen LogP contribution in [0.3, 0.4) is 0 Å². The van der Waals surface area contributed by atoms with Crippen molar-refractivity contribution in [2.24, 2.45) is 0 Å². The van der Waals surface area contributed by atoms with Crippen molar-refractivity contribution in [2.45, 2.75) is 27.2 Å². The number of allylic oxidation sites excluding steroid dienone is 1. The zero-order valence-electron chi connectivity index (χ0n) is 15.1. The van der Waals surface area contributed by atoms with Gasteiger partial charge in [-0.05, 0) is 72.2 Å². The van der Waals surface area contributed by atoms with Gasteiger partial charge in [-0.2, -0.15) is 0 Å². The molecule has 0 amide bonds. The van der Waals surface area contributed by atoms with Crippen molar-refractivity contribution < 1.29 is 9.47 Å². The highest BCUT2D eigenvalue weighted by Crippen LogP contribution is 2.42. The zero-order valence-corrected chi connectivity index (χ0v) is 15.1. The first-order valence-corrected chi connectivity index (χ1v) is 8.21. The van der Waals surface area contributed by atoms with E-state index in [1.807, 2.05) is 6.08 Å². The summed E-state index contributed by atoms with van der Waals surface area (Å²) in [4.78, 5) is 0. The van der Waals surface area contributed by atoms with Gasteiger partial charge < -0.3 is 9.47 Å². The van der Waals surface area contributed by atoms with E-state index in [4.69, 9.17) is 9.47 Å². The van der Waals surface area contributed by atoms with Crippen molar-refractivity contribution in [3.8, 4) is 11.5 Å². The predicted octanol–water partition coefficient (Wildman–Crippen LogP) is 5.66. The summed E-state index contributed by atoms with van der Waals surface area (Å²) in [7, 11) is 3.43. The van der Waals surface area contributed by atoms with Crippen LogP contribution in [-0.2, 0) is 6.42 Å². The van der Waals surface area contributed by atoms with Gasteiger partial charge in [0.15, 0.2) is 0 Å². The number of benzene rings is 3. The smallest absolute Gasteiger partial charge is 0.133 e. The molecule has 0 fully saturated rings. The maximum absolute atomic E-state index is 5.77. The van der Waals surface area contributed by atoms with E-state index in [2.05, 4.69) is 51.6 Å². The Hall–Kier alpha value is -2.48. The standard InChI is InChI=1S/C22H24O2/c1-7-8-18-20(23-5)12-19-17(22(18)24-6)10-9-16-15(4)13(2)11-14(3)21(16)19/h7,9-12H,1,8H2,2-6H3. The van der Waals surface area contributed by atoms with Crippen LogP contribution in [0.1, 0.15) is 22.3 Å². The minimum atomic E-state index is 0.715. The van der Waals surface area contributed by atoms with Gasteiger partial charge >= 0.3 is 0 Å². The normalized spacial score (nSPS) is 11.0. The van der Waals surface area contributed by atoms with E-state index in [9.17, 15) is 0 Å². The summed E-state index contributed by atoms with van der Waals surface area (Å²) in [6, 6.07) is 8.77. The fourth-order valence-electron chi connectivity index (χ4n) is 3.67. The van der Waals surface area contributed by atoms with Crippen LogP contribution in [0, 0.1) is 20.8 Å². The van der Waals surface area contributed by atoms with Crippen LogP contribution in [-0.4, -0.2) is 14.2 Å². The molecule has 2 heteroatoms. The Bertz CT molecular complexity index is 952. The molecule has 0 aromatic heterocycles. The molecule has 0 aliphatic heterocycles. The maximum Gasteiger partial charge on any atom is 0.133 e. The first-order chi connectivity index (χ1) is 11.5. The van der Waals surface area contributed by atoms with Crippen LogP contribution in [0.2, 0.25) is 0 Å². The summed E-state index contributed by atoms with van der Waals surface area (Å²) < 4.78 is 11.4. The zero-order chi connectivity index (χ0) is 17.4. The summed E-state index contributed by atoms with van der Waals surface area (Å²) in [6.07, 6.45) is 2.60. The fourth-order valence-corrected chi connectivity index (χ4v) is 3.67. The van der Waals surface area contributed by atoms with E-state index in [-0.39, 0.29) is 0 Å². The number of ether oxygens (including phenoxy) is 2. The summed E-state index contributed by atoms with van der Waals surface area (Å²) in [5.41, 5.74) is 4.97. The van der Waals surface area contributed by atoms with Gasteiger partial charge in [0, 0.05) is 10.9 Å². The van der Waals surface area contributed by atoms with Crippen LogP contribution in [0.5, 0.6) is 11.5 Å². The highest BCUT2D eigenvalue weighted by Gasteiger charge is 2.17. The maximum atomic E-state index is 5.77. The number of methoxy groups -OCH3 is 2. The number of rotatable bonds is 4. The number of hydrogen-bond donors (Lipinski definition) is 0. The predicted molar refractivity (Wildman–Crippen MR) is 103 cm³/mol. The second-order valence-corrected chi connectivity index (χ2v) is 6.30. The molecule has 24 heavy (non-hydrogen) atoms. The molecule has 0 aliphatic carbocycles. The lowest BCUT2D eigenvalue weighted by Crippen LogP contribution is -1.98. The third-order valence-electron chi connectivity index (χ3n) is 4.93. The van der Waals surface area contributed by atoms with E-state index < -0.39 is 0 Å². The molecule has 3 aromatic carbocycles. The Morgan fingerprint density at radius 2 is 1.62 bits per heavy atom. The van der Waals surface area contributed by atoms with Crippen molar-refractivity contribution in [1.82, 2.24) is 0 Å². The Morgan fingerprint density at radius 1 is 0.917 bits per heavy atom. The first-order valence-electron chi connectivity index (χ1n) is 8.21. The molecule has 3 rings (SSSR count). The third-order valence-corrected chi connectivity index (χ3v) is 4.93. The highest BCUT2D eigenvalue weighted by molar-refractivity contribution is 6.13. The summed E-state index contributed by atoms with van der Waals surface area (Å²) in [6.45, 7) is 10.4. The lowest BCUT2D eigenvalue weighted by atomic mass is 9.91. The largest absolute Gasteiger partial charge is 0.496 e. The molecule has 124 valence electrons. The van der Waals surface area contributed by atoms with Crippen LogP contribution < -0.4 is 9.47 Å². The lowest BCUT2D eigenvalue weighted by Gasteiger charge is -2.18. The van der Waals surface area contributed by atoms with E-state index in [1.165, 1.54) is 32.8 Å². The summed E-state index contributed by atoms with van der Waals surface area (Å²) in [5, 5.41) is 4.86. The molecule has 0 unspecified atom stereocenters. The topological polar surface area (TPSA) is 18.5 Å². The number of fused-ring (bicyclic) bond motifs is 3. The molecule has 0 radical (unpaired) electrons. The van der Waals surface area contributed by atoms with Crippen LogP contribution >= 0.6 is 0 Å². The minimum Gasteiger partial charge on any atom is -0.496 e. The number of hydrogen-bond acceptors (Lipinski definition) is 2. The van der Waals surface area contributed by atoms with Crippen molar-refractivity contribution in [3.05, 3.63) is 59.2 Å². The highest BCUT2D eigenvalue weighted by atomic mass is 16.5. The van der Waals surface area contributed by atoms with Gasteiger partial charge in [-0.1, -0.05) is 18.2 Å². The Kier molecular flexibility index (Phi) is 4.23. The van der Waals surface area contributed by atoms with E-state index >= 15 is 0 Å². The molecule has 0 aliphatic rings. The lowest BCUT2D eigenvalue weighted by molar-refractivity contribution is 0.391. The average molecular weight is 320 g/mol. The van der Waals surface area contributed by atoms with Gasteiger partial charge in [0.2, 0.25) is 0 Å². The average Bonchev–Trinajstić information content (AvgIpc) is 2.58. The molecular weight excluding hydrogens is 296 g/mol. The van der Waals surface area contributed by atoms with Gasteiger partial charge in [0.1, 0.15) is 11.5 Å². The second-order valence-electron chi connectivity index (χ2n) is 6.30. The molecule has 0 atom stereocenters. The SMILES string of the molecule is C=CCc1c(OC)cc2c(ccc3c(C)c(C)cc(C)c32)c1OC. The third kappa shape index (κ3) is 2.34. The quantitative estimate of drug-likeness (QED) is 0.456. The summed E-state index contributed by atoms with van der Waals surface area (Å²) in [5.74, 6) is 1.73. The molecule has 0 bridgehead atoms. The fraction of sp³-hybridized carbons (Fsp3) is 0.273. The van der Waals surface area contributed by atoms with Crippen LogP contribution in [0.25, 0.3) is 21.5 Å². The molecular formula is C22H24O2. The Morgan fingerprint density at radius 3 is 2.25 bits per heavy atom. The van der Waals surface area contributed by atoms with Crippen molar-refractivity contribution in [2.75, 3.05) is 14.2 Å². The molecule has 0 heterocycles. The Balaban J connectivity index is 2.55. The van der Waals surface area contributed by atoms with Gasteiger partial charge in [-0.3, -0.25) is 0 Å². The van der Waals surface area contributed by atoms with Gasteiger partial charge in [0.25, 0.3) is 0 Å². The minimum absolute atomic E-state index is 0.715. The van der Waals surface area contributed by atoms with Crippen LogP contribution in [0.15, 0.2) is 36.9 Å². The number of aryl methyl sites for hydroxylation is 3. The van der Waals surface area contributed by atoms with E-state index in [1.54, 1.807) is 14.2 Å². The van der Waals surface area contributed by atoms with E-state index in [0.717, 1.165) is 22.4 Å². The van der Waals surface area contributed by atoms with E-state index in [0.29, 0.717) is 6.42 Å². The van der Waals surface area contributed by atoms with Gasteiger partial charge in [0.05, 0.1) is 14.2 Å². The van der Waals surface area contributed by atoms with Crippen molar-refractivity contribution >= 4 is 21.5 Å². The second kappa shape index (κ2) is 6.20. The molecule has 0 N–H and O–H groups in total. The van der Waals surface area contributed by atoms with Gasteiger partial charge in [-0.15, -0.1) is 6.58 Å². The molecule has 2 nitrogen and oxygen atoms in total. The van der Waals surface area contributed by atoms with Crippen LogP contribution in [0.4, 0.5) is 0 Å². The van der Waals surface area contributed by atoms with Crippen molar-refractivity contribution in [1.29, 1.82) is 0 Å². The monoisotopic (exact) mass is 320 g/mol. The Labute approximate surface area is 143 Å². The molecule has 0 spiro atoms.